The molecule has 88 valence electrons. The Kier molecular flexibility index (Phi) is 3.68. The number of nitrogens with one attached hydrogen (secondary N) is 1. The van der Waals surface area contributed by atoms with Crippen LogP contribution in [0.1, 0.15) is 46.5 Å². The maximum absolute atomic E-state index is 3.64. The highest BCUT2D eigenvalue weighted by atomic mass is 15.2. The van der Waals surface area contributed by atoms with Crippen molar-refractivity contribution in [1.82, 2.24) is 10.2 Å². The summed E-state index contributed by atoms with van der Waals surface area (Å²) in [6, 6.07) is 2.25. The highest BCUT2D eigenvalue weighted by Gasteiger charge is 2.28. The molecule has 0 aromatic carbocycles. The largest absolute Gasteiger partial charge is 0.312 e. The maximum atomic E-state index is 3.64. The van der Waals surface area contributed by atoms with Crippen molar-refractivity contribution in [3.8, 4) is 0 Å². The van der Waals surface area contributed by atoms with Gasteiger partial charge >= 0.3 is 0 Å². The normalized spacial score (nSPS) is 23.8. The van der Waals surface area contributed by atoms with Crippen molar-refractivity contribution < 1.29 is 0 Å². The van der Waals surface area contributed by atoms with Crippen LogP contribution < -0.4 is 5.32 Å². The predicted molar refractivity (Wildman–Crippen MR) is 65.1 cm³/mol. The van der Waals surface area contributed by atoms with Crippen LogP contribution >= 0.6 is 0 Å². The summed E-state index contributed by atoms with van der Waals surface area (Å²) in [5, 5.41) is 3.64. The minimum atomic E-state index is 0.696. The van der Waals surface area contributed by atoms with Crippen LogP contribution in [0.3, 0.4) is 0 Å². The minimum Gasteiger partial charge on any atom is -0.312 e. The monoisotopic (exact) mass is 210 g/mol. The molecule has 1 atom stereocenters. The average molecular weight is 210 g/mol. The van der Waals surface area contributed by atoms with E-state index in [9.17, 15) is 0 Å². The van der Waals surface area contributed by atoms with Crippen molar-refractivity contribution in [2.75, 3.05) is 13.1 Å². The van der Waals surface area contributed by atoms with Crippen molar-refractivity contribution in [2.24, 2.45) is 5.92 Å². The van der Waals surface area contributed by atoms with Crippen LogP contribution in [-0.4, -0.2) is 36.1 Å². The second-order valence-electron chi connectivity index (χ2n) is 5.77. The van der Waals surface area contributed by atoms with E-state index in [4.69, 9.17) is 0 Å². The Labute approximate surface area is 94.4 Å². The van der Waals surface area contributed by atoms with E-state index in [-0.39, 0.29) is 0 Å². The fourth-order valence-corrected chi connectivity index (χ4v) is 2.24. The number of nitrogens with zero attached hydrogens (tertiary/aromatic N) is 1. The molecule has 0 radical (unpaired) electrons. The molecule has 0 aromatic rings. The molecule has 0 amide bonds. The maximum Gasteiger partial charge on any atom is 0.0195 e. The van der Waals surface area contributed by atoms with E-state index < -0.39 is 0 Å². The van der Waals surface area contributed by atoms with Gasteiger partial charge in [-0.25, -0.2) is 0 Å². The first-order chi connectivity index (χ1) is 7.16. The first-order valence-electron chi connectivity index (χ1n) is 6.66. The summed E-state index contributed by atoms with van der Waals surface area (Å²) in [5.41, 5.74) is 0. The summed E-state index contributed by atoms with van der Waals surface area (Å²) in [4.78, 5) is 2.67. The SMILES string of the molecule is CC(C)N(CC1CC1)C(C)CNC1CC1. The number of hydrogen-bond acceptors (Lipinski definition) is 2. The van der Waals surface area contributed by atoms with Gasteiger partial charge in [0.1, 0.15) is 0 Å². The number of hydrogen-bond donors (Lipinski definition) is 1. The van der Waals surface area contributed by atoms with E-state index in [0.717, 1.165) is 12.0 Å². The van der Waals surface area contributed by atoms with Gasteiger partial charge in [-0.2, -0.15) is 0 Å². The molecule has 2 rings (SSSR count). The van der Waals surface area contributed by atoms with Crippen molar-refractivity contribution in [2.45, 2.75) is 64.6 Å². The van der Waals surface area contributed by atoms with Gasteiger partial charge in [-0.05, 0) is 52.4 Å². The van der Waals surface area contributed by atoms with Crippen molar-refractivity contribution >= 4 is 0 Å². The van der Waals surface area contributed by atoms with E-state index in [0.29, 0.717) is 12.1 Å². The molecule has 15 heavy (non-hydrogen) atoms. The minimum absolute atomic E-state index is 0.696. The molecular formula is C13H26N2. The topological polar surface area (TPSA) is 15.3 Å². The Hall–Kier alpha value is -0.0800. The molecule has 1 N–H and O–H groups in total. The highest BCUT2D eigenvalue weighted by molar-refractivity contribution is 4.85. The summed E-state index contributed by atoms with van der Waals surface area (Å²) in [6.45, 7) is 9.53. The highest BCUT2D eigenvalue weighted by Crippen LogP contribution is 2.31. The number of rotatable bonds is 7. The lowest BCUT2D eigenvalue weighted by Gasteiger charge is -2.33. The van der Waals surface area contributed by atoms with Crippen LogP contribution in [0, 0.1) is 5.92 Å². The summed E-state index contributed by atoms with van der Waals surface area (Å²) < 4.78 is 0. The van der Waals surface area contributed by atoms with Crippen molar-refractivity contribution in [1.29, 1.82) is 0 Å². The van der Waals surface area contributed by atoms with Gasteiger partial charge in [0.2, 0.25) is 0 Å². The zero-order valence-corrected chi connectivity index (χ0v) is 10.5. The second-order valence-corrected chi connectivity index (χ2v) is 5.77. The molecule has 0 saturated heterocycles. The Morgan fingerprint density at radius 3 is 2.27 bits per heavy atom. The summed E-state index contributed by atoms with van der Waals surface area (Å²) in [6.07, 6.45) is 5.73. The lowest BCUT2D eigenvalue weighted by Crippen LogP contribution is -2.45. The summed E-state index contributed by atoms with van der Waals surface area (Å²) in [7, 11) is 0. The molecule has 0 bridgehead atoms. The predicted octanol–water partition coefficient (Wildman–Crippen LogP) is 2.25. The zero-order valence-electron chi connectivity index (χ0n) is 10.5. The molecule has 1 unspecified atom stereocenters. The molecule has 0 spiro atoms. The fourth-order valence-electron chi connectivity index (χ4n) is 2.24. The Bertz CT molecular complexity index is 195. The molecule has 0 heterocycles. The first-order valence-corrected chi connectivity index (χ1v) is 6.66. The van der Waals surface area contributed by atoms with Crippen LogP contribution in [0.5, 0.6) is 0 Å². The van der Waals surface area contributed by atoms with Gasteiger partial charge in [0.25, 0.3) is 0 Å². The van der Waals surface area contributed by atoms with Crippen LogP contribution in [0.2, 0.25) is 0 Å². The van der Waals surface area contributed by atoms with Crippen LogP contribution in [0.15, 0.2) is 0 Å². The van der Waals surface area contributed by atoms with Gasteiger partial charge in [-0.3, -0.25) is 4.90 Å². The Balaban J connectivity index is 1.72. The summed E-state index contributed by atoms with van der Waals surface area (Å²) >= 11 is 0. The van der Waals surface area contributed by atoms with E-state index in [2.05, 4.69) is 31.0 Å². The van der Waals surface area contributed by atoms with Crippen LogP contribution in [0.4, 0.5) is 0 Å². The quantitative estimate of drug-likeness (QED) is 0.693. The average Bonchev–Trinajstić information content (AvgIpc) is 3.02. The van der Waals surface area contributed by atoms with E-state index >= 15 is 0 Å². The standard InChI is InChI=1S/C13H26N2/c1-10(2)15(9-12-4-5-12)11(3)8-14-13-6-7-13/h10-14H,4-9H2,1-3H3. The van der Waals surface area contributed by atoms with E-state index in [1.54, 1.807) is 0 Å². The third-order valence-electron chi connectivity index (χ3n) is 3.67. The molecule has 0 aromatic heterocycles. The van der Waals surface area contributed by atoms with Gasteiger partial charge in [0.15, 0.2) is 0 Å². The summed E-state index contributed by atoms with van der Waals surface area (Å²) in [5.74, 6) is 1.01. The first kappa shape index (κ1) is 11.4. The van der Waals surface area contributed by atoms with Crippen LogP contribution in [0.25, 0.3) is 0 Å². The lowest BCUT2D eigenvalue weighted by atomic mass is 10.2. The molecule has 2 heteroatoms. The van der Waals surface area contributed by atoms with Gasteiger partial charge in [-0.1, -0.05) is 0 Å². The van der Waals surface area contributed by atoms with Gasteiger partial charge < -0.3 is 5.32 Å². The van der Waals surface area contributed by atoms with Crippen LogP contribution in [-0.2, 0) is 0 Å². The lowest BCUT2D eigenvalue weighted by molar-refractivity contribution is 0.153. The molecule has 2 saturated carbocycles. The molecular weight excluding hydrogens is 184 g/mol. The molecule has 2 aliphatic carbocycles. The van der Waals surface area contributed by atoms with Gasteiger partial charge in [0.05, 0.1) is 0 Å². The van der Waals surface area contributed by atoms with Gasteiger partial charge in [-0.15, -0.1) is 0 Å². The molecule has 2 fully saturated rings. The molecule has 0 aliphatic heterocycles. The Morgan fingerprint density at radius 1 is 1.13 bits per heavy atom. The molecule has 2 aliphatic rings. The second kappa shape index (κ2) is 4.84. The van der Waals surface area contributed by atoms with Crippen molar-refractivity contribution in [3.63, 3.8) is 0 Å². The third-order valence-corrected chi connectivity index (χ3v) is 3.67. The third kappa shape index (κ3) is 3.76. The fraction of sp³-hybridized carbons (Fsp3) is 1.00. The zero-order chi connectivity index (χ0) is 10.8. The van der Waals surface area contributed by atoms with Gasteiger partial charge in [0, 0.05) is 31.2 Å². The molecule has 2 nitrogen and oxygen atoms in total. The van der Waals surface area contributed by atoms with Crippen molar-refractivity contribution in [3.05, 3.63) is 0 Å². The Morgan fingerprint density at radius 2 is 1.80 bits per heavy atom. The van der Waals surface area contributed by atoms with E-state index in [1.807, 2.05) is 0 Å². The smallest absolute Gasteiger partial charge is 0.0195 e. The van der Waals surface area contributed by atoms with E-state index in [1.165, 1.54) is 38.8 Å².